The monoisotopic (exact) mass is 466 g/mol. The third-order valence-corrected chi connectivity index (χ3v) is 5.89. The molecule has 32 heavy (non-hydrogen) atoms. The molecule has 0 aliphatic heterocycles. The Bertz CT molecular complexity index is 1300. The molecule has 162 valence electrons. The van der Waals surface area contributed by atoms with Crippen LogP contribution in [-0.4, -0.2) is 44.7 Å². The van der Waals surface area contributed by atoms with Crippen molar-refractivity contribution in [3.05, 3.63) is 65.3 Å². The minimum absolute atomic E-state index is 0.106. The van der Waals surface area contributed by atoms with Gasteiger partial charge in [0.1, 0.15) is 11.6 Å². The Morgan fingerprint density at radius 3 is 2.84 bits per heavy atom. The number of imidazole rings is 1. The number of ether oxygens (including phenoxy) is 1. The van der Waals surface area contributed by atoms with Crippen molar-refractivity contribution in [3.8, 4) is 11.8 Å². The van der Waals surface area contributed by atoms with Gasteiger partial charge in [0.15, 0.2) is 11.0 Å². The molecule has 0 unspecified atom stereocenters. The number of nitriles is 1. The Morgan fingerprint density at radius 2 is 2.09 bits per heavy atom. The van der Waals surface area contributed by atoms with E-state index in [1.807, 2.05) is 47.0 Å². The van der Waals surface area contributed by atoms with E-state index in [0.29, 0.717) is 29.1 Å². The first-order chi connectivity index (χ1) is 15.6. The fraction of sp³-hybridized carbons (Fsp3) is 0.182. The molecule has 0 aliphatic rings. The second-order valence-corrected chi connectivity index (χ2v) is 8.15. The molecule has 0 aliphatic carbocycles. The van der Waals surface area contributed by atoms with E-state index in [9.17, 15) is 10.1 Å². The van der Waals surface area contributed by atoms with Crippen LogP contribution in [0.25, 0.3) is 16.7 Å². The highest BCUT2D eigenvalue weighted by Crippen LogP contribution is 2.27. The van der Waals surface area contributed by atoms with Crippen LogP contribution in [0.5, 0.6) is 0 Å². The third kappa shape index (κ3) is 4.62. The van der Waals surface area contributed by atoms with Gasteiger partial charge in [-0.3, -0.25) is 4.79 Å². The number of aromatic nitrogens is 4. The van der Waals surface area contributed by atoms with Crippen molar-refractivity contribution in [3.63, 3.8) is 0 Å². The summed E-state index contributed by atoms with van der Waals surface area (Å²) in [6.45, 7) is 1.10. The zero-order valence-electron chi connectivity index (χ0n) is 17.2. The van der Waals surface area contributed by atoms with Crippen molar-refractivity contribution in [1.82, 2.24) is 19.3 Å². The largest absolute Gasteiger partial charge is 0.383 e. The number of benzene rings is 2. The second-order valence-electron chi connectivity index (χ2n) is 6.77. The van der Waals surface area contributed by atoms with E-state index >= 15 is 0 Å². The van der Waals surface area contributed by atoms with Crippen molar-refractivity contribution >= 4 is 46.1 Å². The lowest BCUT2D eigenvalue weighted by Gasteiger charge is -2.10. The molecule has 10 heteroatoms. The number of halogens is 1. The molecule has 0 saturated carbocycles. The molecule has 0 spiro atoms. The molecule has 2 heterocycles. The maximum absolute atomic E-state index is 12.8. The number of carbonyl (C=O) groups excluding carboxylic acids is 1. The molecular weight excluding hydrogens is 448 g/mol. The number of anilines is 1. The van der Waals surface area contributed by atoms with Crippen molar-refractivity contribution < 1.29 is 9.53 Å². The molecule has 0 radical (unpaired) electrons. The van der Waals surface area contributed by atoms with Gasteiger partial charge >= 0.3 is 0 Å². The van der Waals surface area contributed by atoms with Gasteiger partial charge in [0.25, 0.3) is 0 Å². The molecule has 4 rings (SSSR count). The Morgan fingerprint density at radius 1 is 1.28 bits per heavy atom. The van der Waals surface area contributed by atoms with Gasteiger partial charge < -0.3 is 14.6 Å². The van der Waals surface area contributed by atoms with Crippen LogP contribution in [0.1, 0.15) is 5.56 Å². The van der Waals surface area contributed by atoms with Gasteiger partial charge in [0.05, 0.1) is 35.3 Å². The number of hydrogen-bond acceptors (Lipinski definition) is 6. The van der Waals surface area contributed by atoms with Crippen molar-refractivity contribution in [2.45, 2.75) is 11.7 Å². The Labute approximate surface area is 193 Å². The zero-order valence-corrected chi connectivity index (χ0v) is 18.7. The van der Waals surface area contributed by atoms with E-state index < -0.39 is 0 Å². The summed E-state index contributed by atoms with van der Waals surface area (Å²) in [6, 6.07) is 16.9. The number of nitrogens with zero attached hydrogens (tertiary/aromatic N) is 5. The van der Waals surface area contributed by atoms with Gasteiger partial charge in [-0.1, -0.05) is 41.6 Å². The maximum atomic E-state index is 12.8. The number of hydrogen-bond donors (Lipinski definition) is 1. The lowest BCUT2D eigenvalue weighted by Crippen LogP contribution is -2.18. The third-order valence-electron chi connectivity index (χ3n) is 4.67. The number of fused-ring (bicyclic) bond motifs is 1. The standard InChI is InChI=1S/C22H19ClN6O2S/c1-31-10-9-28-19-8-7-16(23)11-18(19)26-22(28)32-14-20(30)27-21-15(12-24)13-25-29(21)17-5-3-2-4-6-17/h2-8,11,13H,9-10,14H2,1H3,(H,27,30). The van der Waals surface area contributed by atoms with Crippen molar-refractivity contribution in [2.24, 2.45) is 0 Å². The normalized spacial score (nSPS) is 10.9. The van der Waals surface area contributed by atoms with E-state index in [-0.39, 0.29) is 17.2 Å². The number of carbonyl (C=O) groups is 1. The molecule has 0 fully saturated rings. The van der Waals surface area contributed by atoms with Gasteiger partial charge in [-0.2, -0.15) is 10.4 Å². The Hall–Kier alpha value is -3.32. The van der Waals surface area contributed by atoms with E-state index in [1.165, 1.54) is 22.6 Å². The fourth-order valence-corrected chi connectivity index (χ4v) is 4.21. The number of rotatable bonds is 8. The lowest BCUT2D eigenvalue weighted by molar-refractivity contribution is -0.113. The SMILES string of the molecule is COCCn1c(SCC(=O)Nc2c(C#N)cnn2-c2ccccc2)nc2cc(Cl)ccc21. The van der Waals surface area contributed by atoms with Gasteiger partial charge in [0.2, 0.25) is 5.91 Å². The molecule has 8 nitrogen and oxygen atoms in total. The van der Waals surface area contributed by atoms with Crippen LogP contribution in [0.3, 0.4) is 0 Å². The van der Waals surface area contributed by atoms with Crippen LogP contribution in [0.15, 0.2) is 59.9 Å². The molecule has 2 aromatic heterocycles. The summed E-state index contributed by atoms with van der Waals surface area (Å²) >= 11 is 7.41. The van der Waals surface area contributed by atoms with Crippen LogP contribution in [-0.2, 0) is 16.1 Å². The lowest BCUT2D eigenvalue weighted by atomic mass is 10.3. The summed E-state index contributed by atoms with van der Waals surface area (Å²) in [7, 11) is 1.64. The number of nitrogens with one attached hydrogen (secondary N) is 1. The number of thioether (sulfide) groups is 1. The molecule has 4 aromatic rings. The first-order valence-corrected chi connectivity index (χ1v) is 11.1. The molecule has 1 amide bonds. The quantitative estimate of drug-likeness (QED) is 0.392. The highest BCUT2D eigenvalue weighted by atomic mass is 35.5. The summed E-state index contributed by atoms with van der Waals surface area (Å²) < 4.78 is 8.76. The summed E-state index contributed by atoms with van der Waals surface area (Å²) in [5, 5.41) is 17.8. The topological polar surface area (TPSA) is 97.8 Å². The average molecular weight is 467 g/mol. The van der Waals surface area contributed by atoms with Crippen LogP contribution >= 0.6 is 23.4 Å². The van der Waals surface area contributed by atoms with E-state index in [4.69, 9.17) is 16.3 Å². The molecule has 0 saturated heterocycles. The van der Waals surface area contributed by atoms with Gasteiger partial charge in [0, 0.05) is 18.7 Å². The smallest absolute Gasteiger partial charge is 0.236 e. The fourth-order valence-electron chi connectivity index (χ4n) is 3.20. The van der Waals surface area contributed by atoms with Crippen molar-refractivity contribution in [1.29, 1.82) is 5.26 Å². The molecular formula is C22H19ClN6O2S. The van der Waals surface area contributed by atoms with Crippen LogP contribution < -0.4 is 5.32 Å². The summed E-state index contributed by atoms with van der Waals surface area (Å²) in [4.78, 5) is 17.4. The summed E-state index contributed by atoms with van der Waals surface area (Å²) in [5.74, 6) is 0.172. The highest BCUT2D eigenvalue weighted by Gasteiger charge is 2.17. The number of methoxy groups -OCH3 is 1. The van der Waals surface area contributed by atoms with E-state index in [1.54, 1.807) is 13.2 Å². The highest BCUT2D eigenvalue weighted by molar-refractivity contribution is 7.99. The van der Waals surface area contributed by atoms with Gasteiger partial charge in [-0.25, -0.2) is 9.67 Å². The predicted molar refractivity (Wildman–Crippen MR) is 124 cm³/mol. The Kier molecular flexibility index (Phi) is 6.75. The minimum Gasteiger partial charge on any atom is -0.383 e. The first-order valence-electron chi connectivity index (χ1n) is 9.71. The van der Waals surface area contributed by atoms with Gasteiger partial charge in [-0.15, -0.1) is 0 Å². The van der Waals surface area contributed by atoms with E-state index in [2.05, 4.69) is 21.5 Å². The second kappa shape index (κ2) is 9.87. The average Bonchev–Trinajstić information content (AvgIpc) is 3.36. The Balaban J connectivity index is 1.54. The molecule has 0 atom stereocenters. The molecule has 2 aromatic carbocycles. The zero-order chi connectivity index (χ0) is 22.5. The van der Waals surface area contributed by atoms with Crippen LogP contribution in [0, 0.1) is 11.3 Å². The summed E-state index contributed by atoms with van der Waals surface area (Å²) in [5.41, 5.74) is 2.71. The van der Waals surface area contributed by atoms with Crippen molar-refractivity contribution in [2.75, 3.05) is 24.8 Å². The first kappa shape index (κ1) is 21.9. The molecule has 1 N–H and O–H groups in total. The van der Waals surface area contributed by atoms with E-state index in [0.717, 1.165) is 16.7 Å². The summed E-state index contributed by atoms with van der Waals surface area (Å²) in [6.07, 6.45) is 1.43. The molecule has 0 bridgehead atoms. The number of para-hydroxylation sites is 1. The maximum Gasteiger partial charge on any atom is 0.236 e. The van der Waals surface area contributed by atoms with Crippen LogP contribution in [0.2, 0.25) is 5.02 Å². The number of amides is 1. The predicted octanol–water partition coefficient (Wildman–Crippen LogP) is 4.12. The van der Waals surface area contributed by atoms with Crippen LogP contribution in [0.4, 0.5) is 5.82 Å². The minimum atomic E-state index is -0.271. The van der Waals surface area contributed by atoms with Gasteiger partial charge in [-0.05, 0) is 30.3 Å².